The van der Waals surface area contributed by atoms with Crippen molar-refractivity contribution in [1.82, 2.24) is 0 Å². The molecule has 1 aliphatic heterocycles. The summed E-state index contributed by atoms with van der Waals surface area (Å²) in [7, 11) is 0. The first kappa shape index (κ1) is 16.1. The maximum atomic E-state index is 9.86. The minimum Gasteiger partial charge on any atom is -0.488 e. The fourth-order valence-corrected chi connectivity index (χ4v) is 3.38. The molecule has 3 aromatic rings. The Morgan fingerprint density at radius 3 is 2.76 bits per heavy atom. The van der Waals surface area contributed by atoms with Gasteiger partial charge in [-0.1, -0.05) is 54.6 Å². The third-order valence-corrected chi connectivity index (χ3v) is 4.72. The van der Waals surface area contributed by atoms with E-state index in [-0.39, 0.29) is 12.2 Å². The van der Waals surface area contributed by atoms with Gasteiger partial charge in [-0.15, -0.1) is 0 Å². The first-order valence-corrected chi connectivity index (χ1v) is 8.79. The summed E-state index contributed by atoms with van der Waals surface area (Å²) in [6.45, 7) is 1.12. The molecule has 0 amide bonds. The highest BCUT2D eigenvalue weighted by Crippen LogP contribution is 2.29. The lowest BCUT2D eigenvalue weighted by Crippen LogP contribution is -2.23. The van der Waals surface area contributed by atoms with Gasteiger partial charge in [0.05, 0.1) is 12.2 Å². The van der Waals surface area contributed by atoms with E-state index in [1.807, 2.05) is 30.3 Å². The number of aliphatic hydroxyl groups is 1. The van der Waals surface area contributed by atoms with Crippen LogP contribution in [0.15, 0.2) is 66.7 Å². The minimum absolute atomic E-state index is 0.0266. The molecule has 1 heterocycles. The molecule has 0 spiro atoms. The van der Waals surface area contributed by atoms with Crippen LogP contribution in [-0.4, -0.2) is 17.8 Å². The zero-order chi connectivity index (χ0) is 17.1. The van der Waals surface area contributed by atoms with E-state index in [0.717, 1.165) is 28.7 Å². The fraction of sp³-hybridized carbons (Fsp3) is 0.273. The van der Waals surface area contributed by atoms with Crippen molar-refractivity contribution in [3.05, 3.63) is 77.9 Å². The second kappa shape index (κ2) is 7.26. The molecule has 1 N–H and O–H groups in total. The lowest BCUT2D eigenvalue weighted by atomic mass is 9.98. The van der Waals surface area contributed by atoms with Gasteiger partial charge in [-0.25, -0.2) is 0 Å². The lowest BCUT2D eigenvalue weighted by molar-refractivity contribution is -0.0448. The molecule has 0 aliphatic carbocycles. The van der Waals surface area contributed by atoms with Gasteiger partial charge in [-0.05, 0) is 35.1 Å². The number of benzene rings is 3. The molecule has 1 fully saturated rings. The molecule has 2 atom stereocenters. The maximum absolute atomic E-state index is 9.86. The number of fused-ring (bicyclic) bond motifs is 1. The van der Waals surface area contributed by atoms with Crippen LogP contribution in [0.2, 0.25) is 0 Å². The second-order valence-electron chi connectivity index (χ2n) is 6.55. The van der Waals surface area contributed by atoms with Crippen molar-refractivity contribution in [2.45, 2.75) is 31.7 Å². The van der Waals surface area contributed by atoms with Crippen molar-refractivity contribution in [2.24, 2.45) is 0 Å². The van der Waals surface area contributed by atoms with E-state index >= 15 is 0 Å². The molecule has 128 valence electrons. The van der Waals surface area contributed by atoms with Crippen molar-refractivity contribution in [2.75, 3.05) is 6.61 Å². The quantitative estimate of drug-likeness (QED) is 0.756. The third kappa shape index (κ3) is 3.68. The molecule has 3 heteroatoms. The van der Waals surface area contributed by atoms with Gasteiger partial charge in [0.1, 0.15) is 12.4 Å². The molecule has 0 radical (unpaired) electrons. The standard InChI is InChI=1S/C22H22O3/c23-19-11-12-24-22(14-19)18-8-3-5-16(13-18)15-25-21-10-4-7-17-6-1-2-9-20(17)21/h1-10,13,19,22-23H,11-12,14-15H2. The van der Waals surface area contributed by atoms with Gasteiger partial charge in [0, 0.05) is 18.4 Å². The van der Waals surface area contributed by atoms with Crippen LogP contribution in [0, 0.1) is 0 Å². The first-order valence-electron chi connectivity index (χ1n) is 8.79. The maximum Gasteiger partial charge on any atom is 0.127 e. The number of rotatable bonds is 4. The van der Waals surface area contributed by atoms with Crippen molar-refractivity contribution in [1.29, 1.82) is 0 Å². The van der Waals surface area contributed by atoms with Crippen LogP contribution < -0.4 is 4.74 Å². The van der Waals surface area contributed by atoms with Gasteiger partial charge in [-0.2, -0.15) is 0 Å². The number of hydrogen-bond donors (Lipinski definition) is 1. The van der Waals surface area contributed by atoms with Crippen LogP contribution in [0.1, 0.15) is 30.1 Å². The number of aliphatic hydroxyl groups excluding tert-OH is 1. The molecule has 0 aromatic heterocycles. The highest BCUT2D eigenvalue weighted by Gasteiger charge is 2.22. The summed E-state index contributed by atoms with van der Waals surface area (Å²) in [6, 6.07) is 22.6. The van der Waals surface area contributed by atoms with Crippen molar-refractivity contribution >= 4 is 10.8 Å². The molecule has 3 aromatic carbocycles. The van der Waals surface area contributed by atoms with Crippen LogP contribution >= 0.6 is 0 Å². The van der Waals surface area contributed by atoms with Crippen LogP contribution in [0.25, 0.3) is 10.8 Å². The molecule has 0 saturated carbocycles. The summed E-state index contributed by atoms with van der Waals surface area (Å²) in [6.07, 6.45) is 1.09. The van der Waals surface area contributed by atoms with Crippen LogP contribution in [0.3, 0.4) is 0 Å². The fourth-order valence-electron chi connectivity index (χ4n) is 3.38. The van der Waals surface area contributed by atoms with E-state index in [4.69, 9.17) is 9.47 Å². The topological polar surface area (TPSA) is 38.7 Å². The Morgan fingerprint density at radius 1 is 1.00 bits per heavy atom. The number of hydrogen-bond acceptors (Lipinski definition) is 3. The van der Waals surface area contributed by atoms with E-state index in [9.17, 15) is 5.11 Å². The van der Waals surface area contributed by atoms with E-state index in [1.165, 1.54) is 5.39 Å². The zero-order valence-corrected chi connectivity index (χ0v) is 14.1. The van der Waals surface area contributed by atoms with E-state index in [1.54, 1.807) is 0 Å². The summed E-state index contributed by atoms with van der Waals surface area (Å²) < 4.78 is 11.9. The van der Waals surface area contributed by atoms with Gasteiger partial charge >= 0.3 is 0 Å². The lowest BCUT2D eigenvalue weighted by Gasteiger charge is -2.27. The van der Waals surface area contributed by atoms with Gasteiger partial charge < -0.3 is 14.6 Å². The van der Waals surface area contributed by atoms with Crippen LogP contribution in [-0.2, 0) is 11.3 Å². The van der Waals surface area contributed by atoms with Crippen molar-refractivity contribution in [3.8, 4) is 5.75 Å². The third-order valence-electron chi connectivity index (χ3n) is 4.72. The summed E-state index contributed by atoms with van der Waals surface area (Å²) in [5.74, 6) is 0.896. The first-order chi connectivity index (χ1) is 12.3. The summed E-state index contributed by atoms with van der Waals surface area (Å²) in [5.41, 5.74) is 2.21. The van der Waals surface area contributed by atoms with Gasteiger partial charge in [-0.3, -0.25) is 0 Å². The highest BCUT2D eigenvalue weighted by molar-refractivity contribution is 5.88. The molecule has 0 bridgehead atoms. The van der Waals surface area contributed by atoms with Crippen LogP contribution in [0.4, 0.5) is 0 Å². The van der Waals surface area contributed by atoms with Crippen molar-refractivity contribution < 1.29 is 14.6 Å². The summed E-state index contributed by atoms with van der Waals surface area (Å²) >= 11 is 0. The van der Waals surface area contributed by atoms with E-state index in [0.29, 0.717) is 19.6 Å². The van der Waals surface area contributed by atoms with Gasteiger partial charge in [0.15, 0.2) is 0 Å². The molecule has 3 nitrogen and oxygen atoms in total. The Bertz CT molecular complexity index is 853. The monoisotopic (exact) mass is 334 g/mol. The Labute approximate surface area is 147 Å². The highest BCUT2D eigenvalue weighted by atomic mass is 16.5. The summed E-state index contributed by atoms with van der Waals surface area (Å²) in [4.78, 5) is 0. The SMILES string of the molecule is OC1CCOC(c2cccc(COc3cccc4ccccc34)c2)C1. The Hall–Kier alpha value is -2.36. The molecule has 25 heavy (non-hydrogen) atoms. The Kier molecular flexibility index (Phi) is 4.68. The molecule has 4 rings (SSSR count). The molecule has 1 aliphatic rings. The van der Waals surface area contributed by atoms with Gasteiger partial charge in [0.25, 0.3) is 0 Å². The number of ether oxygens (including phenoxy) is 2. The van der Waals surface area contributed by atoms with Crippen LogP contribution in [0.5, 0.6) is 5.75 Å². The predicted molar refractivity (Wildman–Crippen MR) is 98.7 cm³/mol. The Balaban J connectivity index is 1.50. The summed E-state index contributed by atoms with van der Waals surface area (Å²) in [5, 5.41) is 12.2. The van der Waals surface area contributed by atoms with E-state index in [2.05, 4.69) is 36.4 Å². The predicted octanol–water partition coefficient (Wildman–Crippen LogP) is 4.63. The smallest absolute Gasteiger partial charge is 0.127 e. The minimum atomic E-state index is -0.269. The molecular weight excluding hydrogens is 312 g/mol. The molecule has 1 saturated heterocycles. The molecular formula is C22H22O3. The second-order valence-corrected chi connectivity index (χ2v) is 6.55. The average Bonchev–Trinajstić information content (AvgIpc) is 2.66. The Morgan fingerprint density at radius 2 is 1.84 bits per heavy atom. The average molecular weight is 334 g/mol. The zero-order valence-electron chi connectivity index (χ0n) is 14.1. The molecule has 2 unspecified atom stereocenters. The van der Waals surface area contributed by atoms with E-state index < -0.39 is 0 Å². The van der Waals surface area contributed by atoms with Gasteiger partial charge in [0.2, 0.25) is 0 Å². The largest absolute Gasteiger partial charge is 0.488 e. The normalized spacial score (nSPS) is 20.5. The van der Waals surface area contributed by atoms with Crippen molar-refractivity contribution in [3.63, 3.8) is 0 Å².